The molecule has 1 amide bonds. The Hall–Kier alpha value is -2.10. The van der Waals surface area contributed by atoms with E-state index in [-0.39, 0.29) is 12.5 Å². The van der Waals surface area contributed by atoms with Gasteiger partial charge in [0.15, 0.2) is 0 Å². The SMILES string of the molecule is O=C(Nc1cnoc1)c1sccc1C#CCCO. The number of aromatic nitrogens is 1. The molecular weight excluding hydrogens is 252 g/mol. The molecule has 0 aliphatic carbocycles. The lowest BCUT2D eigenvalue weighted by Gasteiger charge is -1.99. The van der Waals surface area contributed by atoms with E-state index in [1.165, 1.54) is 23.8 Å². The molecule has 2 aromatic rings. The molecule has 2 rings (SSSR count). The normalized spacial score (nSPS) is 9.61. The van der Waals surface area contributed by atoms with Crippen molar-refractivity contribution in [2.45, 2.75) is 6.42 Å². The van der Waals surface area contributed by atoms with Crippen molar-refractivity contribution < 1.29 is 14.4 Å². The number of hydrogen-bond acceptors (Lipinski definition) is 5. The van der Waals surface area contributed by atoms with Crippen LogP contribution in [-0.4, -0.2) is 22.8 Å². The van der Waals surface area contributed by atoms with Crippen molar-refractivity contribution >= 4 is 22.9 Å². The van der Waals surface area contributed by atoms with E-state index in [0.29, 0.717) is 22.5 Å². The van der Waals surface area contributed by atoms with Gasteiger partial charge in [0, 0.05) is 12.0 Å². The molecule has 0 bridgehead atoms. The average Bonchev–Trinajstić information content (AvgIpc) is 3.00. The molecule has 0 fully saturated rings. The lowest BCUT2D eigenvalue weighted by molar-refractivity contribution is 0.103. The highest BCUT2D eigenvalue weighted by Gasteiger charge is 2.12. The van der Waals surface area contributed by atoms with E-state index < -0.39 is 0 Å². The van der Waals surface area contributed by atoms with E-state index in [2.05, 4.69) is 26.8 Å². The summed E-state index contributed by atoms with van der Waals surface area (Å²) < 4.78 is 4.63. The minimum atomic E-state index is -0.249. The number of aliphatic hydroxyl groups is 1. The van der Waals surface area contributed by atoms with Gasteiger partial charge in [-0.25, -0.2) is 0 Å². The summed E-state index contributed by atoms with van der Waals surface area (Å²) in [4.78, 5) is 12.5. The maximum absolute atomic E-state index is 11.9. The van der Waals surface area contributed by atoms with Gasteiger partial charge in [0.2, 0.25) is 0 Å². The van der Waals surface area contributed by atoms with E-state index >= 15 is 0 Å². The first kappa shape index (κ1) is 12.4. The molecule has 0 aromatic carbocycles. The first-order valence-corrected chi connectivity index (χ1v) is 6.07. The molecule has 0 aliphatic rings. The summed E-state index contributed by atoms with van der Waals surface area (Å²) in [6.07, 6.45) is 3.16. The van der Waals surface area contributed by atoms with E-state index in [9.17, 15) is 4.79 Å². The van der Waals surface area contributed by atoms with Crippen LogP contribution >= 0.6 is 11.3 Å². The highest BCUT2D eigenvalue weighted by molar-refractivity contribution is 7.12. The minimum absolute atomic E-state index is 0.0132. The number of thiophene rings is 1. The summed E-state index contributed by atoms with van der Waals surface area (Å²) in [7, 11) is 0. The molecule has 5 nitrogen and oxygen atoms in total. The second kappa shape index (κ2) is 6.00. The molecule has 0 saturated carbocycles. The summed E-state index contributed by atoms with van der Waals surface area (Å²) >= 11 is 1.31. The van der Waals surface area contributed by atoms with E-state index in [1.54, 1.807) is 11.4 Å². The zero-order valence-corrected chi connectivity index (χ0v) is 10.2. The van der Waals surface area contributed by atoms with Crippen LogP contribution < -0.4 is 5.32 Å². The predicted octanol–water partition coefficient (Wildman–Crippen LogP) is 1.72. The lowest BCUT2D eigenvalue weighted by Crippen LogP contribution is -2.10. The van der Waals surface area contributed by atoms with Crippen LogP contribution in [-0.2, 0) is 0 Å². The first-order valence-electron chi connectivity index (χ1n) is 5.19. The van der Waals surface area contributed by atoms with Gasteiger partial charge in [-0.15, -0.1) is 11.3 Å². The smallest absolute Gasteiger partial charge is 0.267 e. The zero-order chi connectivity index (χ0) is 12.8. The number of carbonyl (C=O) groups is 1. The number of amides is 1. The largest absolute Gasteiger partial charge is 0.395 e. The monoisotopic (exact) mass is 262 g/mol. The second-order valence-corrected chi connectivity index (χ2v) is 4.22. The molecule has 18 heavy (non-hydrogen) atoms. The fraction of sp³-hybridized carbons (Fsp3) is 0.167. The van der Waals surface area contributed by atoms with Crippen LogP contribution in [0.15, 0.2) is 28.4 Å². The van der Waals surface area contributed by atoms with Crippen molar-refractivity contribution in [3.63, 3.8) is 0 Å². The number of aliphatic hydroxyl groups excluding tert-OH is 1. The first-order chi connectivity index (χ1) is 8.81. The third-order valence-corrected chi connectivity index (χ3v) is 2.93. The fourth-order valence-electron chi connectivity index (χ4n) is 1.25. The molecule has 6 heteroatoms. The molecule has 0 spiro atoms. The molecule has 0 saturated heterocycles. The van der Waals surface area contributed by atoms with Gasteiger partial charge in [-0.3, -0.25) is 4.79 Å². The summed E-state index contributed by atoms with van der Waals surface area (Å²) in [5, 5.41) is 16.6. The molecule has 2 aromatic heterocycles. The number of nitrogens with one attached hydrogen (secondary N) is 1. The van der Waals surface area contributed by atoms with Crippen LogP contribution in [0.1, 0.15) is 21.7 Å². The van der Waals surface area contributed by atoms with Gasteiger partial charge in [-0.05, 0) is 11.4 Å². The molecule has 0 unspecified atom stereocenters. The summed E-state index contributed by atoms with van der Waals surface area (Å²) in [6.45, 7) is 0.0132. The van der Waals surface area contributed by atoms with Gasteiger partial charge < -0.3 is 14.9 Å². The maximum atomic E-state index is 11.9. The number of anilines is 1. The Balaban J connectivity index is 2.12. The Bertz CT molecular complexity index is 578. The quantitative estimate of drug-likeness (QED) is 0.826. The summed E-state index contributed by atoms with van der Waals surface area (Å²) in [6, 6.07) is 1.78. The van der Waals surface area contributed by atoms with Crippen molar-refractivity contribution in [2.75, 3.05) is 11.9 Å². The van der Waals surface area contributed by atoms with Crippen LogP contribution in [0.4, 0.5) is 5.69 Å². The Labute approximate surface area is 107 Å². The fourth-order valence-corrected chi connectivity index (χ4v) is 2.00. The number of carbonyl (C=O) groups excluding carboxylic acids is 1. The number of hydrogen-bond donors (Lipinski definition) is 2. The average molecular weight is 262 g/mol. The standard InChI is InChI=1S/C12H10N2O3S/c15-5-2-1-3-9-4-6-18-11(9)12(16)14-10-7-13-17-8-10/h4,6-8,15H,2,5H2,(H,14,16). The molecule has 92 valence electrons. The van der Waals surface area contributed by atoms with Crippen LogP contribution in [0.25, 0.3) is 0 Å². The molecular formula is C12H10N2O3S. The van der Waals surface area contributed by atoms with Gasteiger partial charge in [0.05, 0.1) is 12.8 Å². The molecule has 2 heterocycles. The zero-order valence-electron chi connectivity index (χ0n) is 9.34. The van der Waals surface area contributed by atoms with Crippen molar-refractivity contribution in [3.05, 3.63) is 34.3 Å². The minimum Gasteiger partial charge on any atom is -0.395 e. The third-order valence-electron chi connectivity index (χ3n) is 2.02. The van der Waals surface area contributed by atoms with Gasteiger partial charge >= 0.3 is 0 Å². The predicted molar refractivity (Wildman–Crippen MR) is 67.4 cm³/mol. The summed E-state index contributed by atoms with van der Waals surface area (Å²) in [5.41, 5.74) is 1.16. The Morgan fingerprint density at radius 1 is 1.61 bits per heavy atom. The van der Waals surface area contributed by atoms with Crippen LogP contribution in [0.3, 0.4) is 0 Å². The Morgan fingerprint density at radius 2 is 2.50 bits per heavy atom. The van der Waals surface area contributed by atoms with Gasteiger partial charge in [0.25, 0.3) is 5.91 Å². The van der Waals surface area contributed by atoms with Crippen LogP contribution in [0.2, 0.25) is 0 Å². The van der Waals surface area contributed by atoms with E-state index in [4.69, 9.17) is 5.11 Å². The van der Waals surface area contributed by atoms with Gasteiger partial charge in [-0.2, -0.15) is 0 Å². The van der Waals surface area contributed by atoms with Crippen molar-refractivity contribution in [1.82, 2.24) is 5.16 Å². The lowest BCUT2D eigenvalue weighted by atomic mass is 10.2. The van der Waals surface area contributed by atoms with Gasteiger partial charge in [0.1, 0.15) is 16.8 Å². The third kappa shape index (κ3) is 2.97. The van der Waals surface area contributed by atoms with Crippen molar-refractivity contribution in [1.29, 1.82) is 0 Å². The highest BCUT2D eigenvalue weighted by Crippen LogP contribution is 2.17. The molecule has 0 radical (unpaired) electrons. The summed E-state index contributed by atoms with van der Waals surface area (Å²) in [5.74, 6) is 5.39. The Kier molecular flexibility index (Phi) is 4.12. The van der Waals surface area contributed by atoms with E-state index in [1.807, 2.05) is 0 Å². The number of nitrogens with zero attached hydrogens (tertiary/aromatic N) is 1. The maximum Gasteiger partial charge on any atom is 0.267 e. The van der Waals surface area contributed by atoms with Crippen LogP contribution in [0, 0.1) is 11.8 Å². The molecule has 2 N–H and O–H groups in total. The molecule has 0 atom stereocenters. The molecule has 0 aliphatic heterocycles. The topological polar surface area (TPSA) is 75.4 Å². The van der Waals surface area contributed by atoms with Gasteiger partial charge in [-0.1, -0.05) is 17.0 Å². The van der Waals surface area contributed by atoms with E-state index in [0.717, 1.165) is 0 Å². The van der Waals surface area contributed by atoms with Crippen LogP contribution in [0.5, 0.6) is 0 Å². The Morgan fingerprint density at radius 3 is 3.22 bits per heavy atom. The number of rotatable bonds is 3. The van der Waals surface area contributed by atoms with Crippen molar-refractivity contribution in [2.24, 2.45) is 0 Å². The van der Waals surface area contributed by atoms with Crippen molar-refractivity contribution in [3.8, 4) is 11.8 Å². The highest BCUT2D eigenvalue weighted by atomic mass is 32.1. The second-order valence-electron chi connectivity index (χ2n) is 3.31.